The summed E-state index contributed by atoms with van der Waals surface area (Å²) in [6.07, 6.45) is 3.81. The van der Waals surface area contributed by atoms with Crippen LogP contribution >= 0.6 is 0 Å². The van der Waals surface area contributed by atoms with E-state index in [9.17, 15) is 4.79 Å². The van der Waals surface area contributed by atoms with Gasteiger partial charge in [0, 0.05) is 13.1 Å². The first-order valence-electron chi connectivity index (χ1n) is 8.69. The highest BCUT2D eigenvalue weighted by Crippen LogP contribution is 2.22. The Bertz CT molecular complexity index is 643. The average Bonchev–Trinajstić information content (AvgIpc) is 2.64. The molecule has 3 rings (SSSR count). The number of carbonyl (C=O) groups excluding carboxylic acids is 1. The fourth-order valence-electron chi connectivity index (χ4n) is 3.36. The summed E-state index contributed by atoms with van der Waals surface area (Å²) >= 11 is 0. The Morgan fingerprint density at radius 3 is 2.29 bits per heavy atom. The summed E-state index contributed by atoms with van der Waals surface area (Å²) in [6, 6.07) is 18.4. The van der Waals surface area contributed by atoms with Crippen molar-refractivity contribution in [3.05, 3.63) is 65.7 Å². The minimum Gasteiger partial charge on any atom is -0.497 e. The largest absolute Gasteiger partial charge is 0.497 e. The van der Waals surface area contributed by atoms with Gasteiger partial charge in [0.15, 0.2) is 0 Å². The lowest BCUT2D eigenvalue weighted by molar-refractivity contribution is -0.131. The molecule has 3 nitrogen and oxygen atoms in total. The Labute approximate surface area is 144 Å². The minimum absolute atomic E-state index is 0.235. The maximum Gasteiger partial charge on any atom is 0.226 e. The van der Waals surface area contributed by atoms with E-state index in [1.165, 1.54) is 5.56 Å². The standard InChI is InChI=1S/C21H25NO2/c1-24-20-9-7-18(8-10-20)16-21(23)22-13-11-19(12-14-22)15-17-5-3-2-4-6-17/h2-10,19H,11-16H2,1H3. The van der Waals surface area contributed by atoms with E-state index in [1.807, 2.05) is 29.2 Å². The fourth-order valence-corrected chi connectivity index (χ4v) is 3.36. The summed E-state index contributed by atoms with van der Waals surface area (Å²) in [4.78, 5) is 14.5. The van der Waals surface area contributed by atoms with Crippen LogP contribution in [-0.4, -0.2) is 31.0 Å². The zero-order chi connectivity index (χ0) is 16.8. The van der Waals surface area contributed by atoms with E-state index >= 15 is 0 Å². The quantitative estimate of drug-likeness (QED) is 0.839. The van der Waals surface area contributed by atoms with Gasteiger partial charge in [0.2, 0.25) is 5.91 Å². The maximum absolute atomic E-state index is 12.5. The van der Waals surface area contributed by atoms with Gasteiger partial charge in [0.25, 0.3) is 0 Å². The number of piperidine rings is 1. The van der Waals surface area contributed by atoms with Crippen molar-refractivity contribution in [2.24, 2.45) is 5.92 Å². The van der Waals surface area contributed by atoms with Crippen LogP contribution in [0.1, 0.15) is 24.0 Å². The number of nitrogens with zero attached hydrogens (tertiary/aromatic N) is 1. The minimum atomic E-state index is 0.235. The molecule has 1 aliphatic heterocycles. The van der Waals surface area contributed by atoms with Crippen LogP contribution in [0.2, 0.25) is 0 Å². The highest BCUT2D eigenvalue weighted by Gasteiger charge is 2.22. The molecule has 0 atom stereocenters. The molecule has 24 heavy (non-hydrogen) atoms. The molecule has 2 aromatic carbocycles. The SMILES string of the molecule is COc1ccc(CC(=O)N2CCC(Cc3ccccc3)CC2)cc1. The van der Waals surface area contributed by atoms with Crippen LogP contribution in [0.3, 0.4) is 0 Å². The number of methoxy groups -OCH3 is 1. The Morgan fingerprint density at radius 1 is 1.00 bits per heavy atom. The lowest BCUT2D eigenvalue weighted by atomic mass is 9.90. The van der Waals surface area contributed by atoms with E-state index in [2.05, 4.69) is 30.3 Å². The molecule has 0 aromatic heterocycles. The van der Waals surface area contributed by atoms with Crippen molar-refractivity contribution in [2.75, 3.05) is 20.2 Å². The molecule has 0 bridgehead atoms. The average molecular weight is 323 g/mol. The van der Waals surface area contributed by atoms with Crippen LogP contribution < -0.4 is 4.74 Å². The molecule has 2 aromatic rings. The van der Waals surface area contributed by atoms with E-state index in [1.54, 1.807) is 7.11 Å². The smallest absolute Gasteiger partial charge is 0.226 e. The highest BCUT2D eigenvalue weighted by atomic mass is 16.5. The van der Waals surface area contributed by atoms with Gasteiger partial charge in [-0.05, 0) is 48.4 Å². The number of likely N-dealkylation sites (tertiary alicyclic amines) is 1. The van der Waals surface area contributed by atoms with Gasteiger partial charge in [-0.25, -0.2) is 0 Å². The second-order valence-corrected chi connectivity index (χ2v) is 6.54. The molecule has 0 aliphatic carbocycles. The van der Waals surface area contributed by atoms with Crippen molar-refractivity contribution >= 4 is 5.91 Å². The predicted molar refractivity (Wildman–Crippen MR) is 96.1 cm³/mol. The Morgan fingerprint density at radius 2 is 1.67 bits per heavy atom. The van der Waals surface area contributed by atoms with E-state index in [-0.39, 0.29) is 5.91 Å². The lowest BCUT2D eigenvalue weighted by Crippen LogP contribution is -2.39. The van der Waals surface area contributed by atoms with Gasteiger partial charge in [0.05, 0.1) is 13.5 Å². The number of ether oxygens (including phenoxy) is 1. The molecule has 0 saturated carbocycles. The van der Waals surface area contributed by atoms with Crippen LogP contribution in [0, 0.1) is 5.92 Å². The lowest BCUT2D eigenvalue weighted by Gasteiger charge is -2.32. The zero-order valence-corrected chi connectivity index (χ0v) is 14.3. The van der Waals surface area contributed by atoms with E-state index in [0.29, 0.717) is 12.3 Å². The number of carbonyl (C=O) groups is 1. The van der Waals surface area contributed by atoms with Gasteiger partial charge >= 0.3 is 0 Å². The van der Waals surface area contributed by atoms with Gasteiger partial charge in [-0.3, -0.25) is 4.79 Å². The molecular formula is C21H25NO2. The Hall–Kier alpha value is -2.29. The molecule has 1 fully saturated rings. The molecule has 1 heterocycles. The molecule has 0 unspecified atom stereocenters. The fraction of sp³-hybridized carbons (Fsp3) is 0.381. The van der Waals surface area contributed by atoms with Crippen LogP contribution in [0.4, 0.5) is 0 Å². The van der Waals surface area contributed by atoms with Crippen molar-refractivity contribution in [1.29, 1.82) is 0 Å². The number of hydrogen-bond donors (Lipinski definition) is 0. The second kappa shape index (κ2) is 8.00. The summed E-state index contributed by atoms with van der Waals surface area (Å²) in [5, 5.41) is 0. The van der Waals surface area contributed by atoms with Crippen LogP contribution in [0.5, 0.6) is 5.75 Å². The predicted octanol–water partition coefficient (Wildman–Crippen LogP) is 3.72. The number of benzene rings is 2. The third-order valence-electron chi connectivity index (χ3n) is 4.85. The summed E-state index contributed by atoms with van der Waals surface area (Å²) in [5.41, 5.74) is 2.45. The summed E-state index contributed by atoms with van der Waals surface area (Å²) in [6.45, 7) is 1.76. The Balaban J connectivity index is 1.47. The van der Waals surface area contributed by atoms with E-state index in [0.717, 1.165) is 43.7 Å². The van der Waals surface area contributed by atoms with Gasteiger partial charge in [-0.15, -0.1) is 0 Å². The first-order valence-corrected chi connectivity index (χ1v) is 8.69. The first kappa shape index (κ1) is 16.6. The van der Waals surface area contributed by atoms with Gasteiger partial charge in [0.1, 0.15) is 5.75 Å². The zero-order valence-electron chi connectivity index (χ0n) is 14.3. The number of rotatable bonds is 5. The molecule has 0 radical (unpaired) electrons. The molecule has 0 spiro atoms. The summed E-state index contributed by atoms with van der Waals surface area (Å²) in [5.74, 6) is 1.75. The van der Waals surface area contributed by atoms with Gasteiger partial charge in [-0.2, -0.15) is 0 Å². The Kier molecular flexibility index (Phi) is 5.52. The normalized spacial score (nSPS) is 15.3. The molecular weight excluding hydrogens is 298 g/mol. The van der Waals surface area contributed by atoms with Crippen molar-refractivity contribution < 1.29 is 9.53 Å². The molecule has 1 saturated heterocycles. The summed E-state index contributed by atoms with van der Waals surface area (Å²) < 4.78 is 5.16. The van der Waals surface area contributed by atoms with Crippen molar-refractivity contribution in [2.45, 2.75) is 25.7 Å². The molecule has 1 aliphatic rings. The van der Waals surface area contributed by atoms with Crippen molar-refractivity contribution in [3.63, 3.8) is 0 Å². The molecule has 126 valence electrons. The number of hydrogen-bond acceptors (Lipinski definition) is 2. The molecule has 0 N–H and O–H groups in total. The van der Waals surface area contributed by atoms with Crippen molar-refractivity contribution in [3.8, 4) is 5.75 Å². The number of amides is 1. The van der Waals surface area contributed by atoms with Crippen LogP contribution in [0.15, 0.2) is 54.6 Å². The molecule has 3 heteroatoms. The summed E-state index contributed by atoms with van der Waals surface area (Å²) in [7, 11) is 1.65. The van der Waals surface area contributed by atoms with Crippen LogP contribution in [-0.2, 0) is 17.6 Å². The first-order chi connectivity index (χ1) is 11.7. The third kappa shape index (κ3) is 4.38. The molecule has 1 amide bonds. The monoisotopic (exact) mass is 323 g/mol. The maximum atomic E-state index is 12.5. The van der Waals surface area contributed by atoms with Crippen molar-refractivity contribution in [1.82, 2.24) is 4.90 Å². The van der Waals surface area contributed by atoms with Crippen LogP contribution in [0.25, 0.3) is 0 Å². The highest BCUT2D eigenvalue weighted by molar-refractivity contribution is 5.78. The third-order valence-corrected chi connectivity index (χ3v) is 4.85. The second-order valence-electron chi connectivity index (χ2n) is 6.54. The van der Waals surface area contributed by atoms with E-state index < -0.39 is 0 Å². The topological polar surface area (TPSA) is 29.5 Å². The van der Waals surface area contributed by atoms with E-state index in [4.69, 9.17) is 4.74 Å². The van der Waals surface area contributed by atoms with Gasteiger partial charge < -0.3 is 9.64 Å². The van der Waals surface area contributed by atoms with Gasteiger partial charge in [-0.1, -0.05) is 42.5 Å².